The number of carbonyl (C=O) groups is 1. The summed E-state index contributed by atoms with van der Waals surface area (Å²) in [7, 11) is 1.64. The fraction of sp³-hybridized carbons (Fsp3) is 0.583. The molecule has 0 aromatic carbocycles. The van der Waals surface area contributed by atoms with E-state index >= 15 is 0 Å². The second kappa shape index (κ2) is 9.66. The van der Waals surface area contributed by atoms with Gasteiger partial charge < -0.3 is 14.8 Å². The molecule has 1 aromatic rings. The SMILES string of the molecule is COCCOCCCCNC(=O)c1ccc(Cl)nn1. The molecule has 0 unspecified atom stereocenters. The number of amides is 1. The minimum atomic E-state index is -0.246. The molecular formula is C12H18ClN3O3. The number of hydrogen-bond acceptors (Lipinski definition) is 5. The van der Waals surface area contributed by atoms with E-state index in [9.17, 15) is 4.79 Å². The van der Waals surface area contributed by atoms with Crippen molar-refractivity contribution in [2.45, 2.75) is 12.8 Å². The van der Waals surface area contributed by atoms with Crippen LogP contribution in [0.25, 0.3) is 0 Å². The first kappa shape index (κ1) is 15.8. The highest BCUT2D eigenvalue weighted by atomic mass is 35.5. The van der Waals surface area contributed by atoms with Crippen LogP contribution in [-0.2, 0) is 9.47 Å². The summed E-state index contributed by atoms with van der Waals surface area (Å²) < 4.78 is 10.2. The molecule has 6 nitrogen and oxygen atoms in total. The Morgan fingerprint density at radius 3 is 2.79 bits per heavy atom. The van der Waals surface area contributed by atoms with Crippen LogP contribution in [0.2, 0.25) is 5.15 Å². The van der Waals surface area contributed by atoms with Gasteiger partial charge in [-0.1, -0.05) is 11.6 Å². The second-order valence-corrected chi connectivity index (χ2v) is 4.20. The van der Waals surface area contributed by atoms with E-state index in [-0.39, 0.29) is 16.8 Å². The first-order chi connectivity index (χ1) is 9.24. The van der Waals surface area contributed by atoms with E-state index in [1.807, 2.05) is 0 Å². The highest BCUT2D eigenvalue weighted by Gasteiger charge is 2.06. The number of ether oxygens (including phenoxy) is 2. The molecule has 7 heteroatoms. The molecular weight excluding hydrogens is 270 g/mol. The number of unbranched alkanes of at least 4 members (excludes halogenated alkanes) is 1. The minimum absolute atomic E-state index is 0.246. The van der Waals surface area contributed by atoms with Gasteiger partial charge in [-0.3, -0.25) is 4.79 Å². The molecule has 0 aliphatic carbocycles. The van der Waals surface area contributed by atoms with Crippen molar-refractivity contribution >= 4 is 17.5 Å². The lowest BCUT2D eigenvalue weighted by molar-refractivity contribution is 0.0686. The molecule has 1 amide bonds. The number of nitrogens with zero attached hydrogens (tertiary/aromatic N) is 2. The Kier molecular flexibility index (Phi) is 8.04. The Bertz CT molecular complexity index is 373. The zero-order chi connectivity index (χ0) is 13.9. The number of carbonyl (C=O) groups excluding carboxylic acids is 1. The van der Waals surface area contributed by atoms with Gasteiger partial charge in [-0.25, -0.2) is 0 Å². The monoisotopic (exact) mass is 287 g/mol. The average Bonchev–Trinajstić information content (AvgIpc) is 2.42. The Balaban J connectivity index is 2.06. The van der Waals surface area contributed by atoms with Gasteiger partial charge in [-0.05, 0) is 25.0 Å². The maximum atomic E-state index is 11.6. The summed E-state index contributed by atoms with van der Waals surface area (Å²) in [6.45, 7) is 2.45. The maximum Gasteiger partial charge on any atom is 0.271 e. The van der Waals surface area contributed by atoms with E-state index in [1.165, 1.54) is 6.07 Å². The summed E-state index contributed by atoms with van der Waals surface area (Å²) in [5.41, 5.74) is 0.265. The van der Waals surface area contributed by atoms with Gasteiger partial charge in [0.2, 0.25) is 0 Å². The summed E-state index contributed by atoms with van der Waals surface area (Å²) >= 11 is 5.59. The molecule has 0 aliphatic rings. The van der Waals surface area contributed by atoms with E-state index < -0.39 is 0 Å². The Morgan fingerprint density at radius 1 is 1.26 bits per heavy atom. The van der Waals surface area contributed by atoms with Crippen molar-refractivity contribution in [3.05, 3.63) is 23.0 Å². The molecule has 0 fully saturated rings. The molecule has 1 heterocycles. The molecule has 19 heavy (non-hydrogen) atoms. The summed E-state index contributed by atoms with van der Waals surface area (Å²) in [5, 5.41) is 10.3. The molecule has 0 aliphatic heterocycles. The highest BCUT2D eigenvalue weighted by Crippen LogP contribution is 2.01. The number of hydrogen-bond donors (Lipinski definition) is 1. The van der Waals surface area contributed by atoms with Crippen LogP contribution < -0.4 is 5.32 Å². The Morgan fingerprint density at radius 2 is 2.11 bits per heavy atom. The average molecular weight is 288 g/mol. The third-order valence-corrected chi connectivity index (χ3v) is 2.50. The lowest BCUT2D eigenvalue weighted by Gasteiger charge is -2.05. The van der Waals surface area contributed by atoms with Gasteiger partial charge >= 0.3 is 0 Å². The van der Waals surface area contributed by atoms with Gasteiger partial charge in [0, 0.05) is 20.3 Å². The summed E-state index contributed by atoms with van der Waals surface area (Å²) in [4.78, 5) is 11.6. The number of aromatic nitrogens is 2. The van der Waals surface area contributed by atoms with Crippen molar-refractivity contribution in [2.24, 2.45) is 0 Å². The predicted molar refractivity (Wildman–Crippen MR) is 71.3 cm³/mol. The minimum Gasteiger partial charge on any atom is -0.382 e. The van der Waals surface area contributed by atoms with Gasteiger partial charge in [-0.15, -0.1) is 10.2 Å². The maximum absolute atomic E-state index is 11.6. The molecule has 0 saturated carbocycles. The zero-order valence-electron chi connectivity index (χ0n) is 10.9. The van der Waals surface area contributed by atoms with Crippen LogP contribution in [0, 0.1) is 0 Å². The molecule has 1 rings (SSSR count). The number of methoxy groups -OCH3 is 1. The van der Waals surface area contributed by atoms with Crippen LogP contribution in [-0.4, -0.2) is 49.6 Å². The highest BCUT2D eigenvalue weighted by molar-refractivity contribution is 6.29. The lowest BCUT2D eigenvalue weighted by atomic mass is 10.3. The zero-order valence-corrected chi connectivity index (χ0v) is 11.7. The van der Waals surface area contributed by atoms with Crippen LogP contribution in [0.15, 0.2) is 12.1 Å². The molecule has 1 aromatic heterocycles. The Labute approximate surface area is 117 Å². The molecule has 0 radical (unpaired) electrons. The molecule has 0 bridgehead atoms. The van der Waals surface area contributed by atoms with Crippen molar-refractivity contribution in [1.82, 2.24) is 15.5 Å². The lowest BCUT2D eigenvalue weighted by Crippen LogP contribution is -2.25. The second-order valence-electron chi connectivity index (χ2n) is 3.81. The summed E-state index contributed by atoms with van der Waals surface area (Å²) in [6.07, 6.45) is 1.73. The fourth-order valence-electron chi connectivity index (χ4n) is 1.30. The van der Waals surface area contributed by atoms with E-state index in [0.29, 0.717) is 26.4 Å². The van der Waals surface area contributed by atoms with Crippen molar-refractivity contribution in [3.8, 4) is 0 Å². The summed E-state index contributed by atoms with van der Waals surface area (Å²) in [5.74, 6) is -0.246. The fourth-order valence-corrected chi connectivity index (χ4v) is 1.40. The molecule has 0 saturated heterocycles. The molecule has 106 valence electrons. The number of rotatable bonds is 9. The largest absolute Gasteiger partial charge is 0.382 e. The standard InChI is InChI=1S/C12H18ClN3O3/c1-18-8-9-19-7-3-2-6-14-12(17)10-4-5-11(13)16-15-10/h4-5H,2-3,6-9H2,1H3,(H,14,17). The first-order valence-electron chi connectivity index (χ1n) is 6.08. The quantitative estimate of drug-likeness (QED) is 0.693. The van der Waals surface area contributed by atoms with Gasteiger partial charge in [0.25, 0.3) is 5.91 Å². The normalized spacial score (nSPS) is 10.4. The van der Waals surface area contributed by atoms with E-state index in [2.05, 4.69) is 15.5 Å². The van der Waals surface area contributed by atoms with E-state index in [4.69, 9.17) is 21.1 Å². The Hall–Kier alpha value is -1.24. The van der Waals surface area contributed by atoms with Crippen LogP contribution in [0.1, 0.15) is 23.3 Å². The van der Waals surface area contributed by atoms with Crippen LogP contribution in [0.4, 0.5) is 0 Å². The molecule has 0 spiro atoms. The van der Waals surface area contributed by atoms with Crippen molar-refractivity contribution in [3.63, 3.8) is 0 Å². The van der Waals surface area contributed by atoms with Crippen LogP contribution in [0.3, 0.4) is 0 Å². The first-order valence-corrected chi connectivity index (χ1v) is 6.46. The van der Waals surface area contributed by atoms with E-state index in [1.54, 1.807) is 13.2 Å². The third kappa shape index (κ3) is 7.05. The summed E-state index contributed by atoms with van der Waals surface area (Å²) in [6, 6.07) is 3.08. The smallest absolute Gasteiger partial charge is 0.271 e. The van der Waals surface area contributed by atoms with E-state index in [0.717, 1.165) is 12.8 Å². The van der Waals surface area contributed by atoms with Gasteiger partial charge in [0.15, 0.2) is 10.8 Å². The van der Waals surface area contributed by atoms with Crippen molar-refractivity contribution < 1.29 is 14.3 Å². The topological polar surface area (TPSA) is 73.3 Å². The van der Waals surface area contributed by atoms with Crippen molar-refractivity contribution in [2.75, 3.05) is 33.5 Å². The third-order valence-electron chi connectivity index (χ3n) is 2.30. The van der Waals surface area contributed by atoms with Gasteiger partial charge in [-0.2, -0.15) is 0 Å². The molecule has 0 atom stereocenters. The van der Waals surface area contributed by atoms with Gasteiger partial charge in [0.1, 0.15) is 0 Å². The van der Waals surface area contributed by atoms with Crippen molar-refractivity contribution in [1.29, 1.82) is 0 Å². The number of nitrogens with one attached hydrogen (secondary N) is 1. The van der Waals surface area contributed by atoms with Crippen LogP contribution in [0.5, 0.6) is 0 Å². The van der Waals surface area contributed by atoms with Crippen LogP contribution >= 0.6 is 11.6 Å². The predicted octanol–water partition coefficient (Wildman–Crippen LogP) is 1.30. The van der Waals surface area contributed by atoms with Gasteiger partial charge in [0.05, 0.1) is 13.2 Å². The molecule has 1 N–H and O–H groups in total. The number of halogens is 1.